The van der Waals surface area contributed by atoms with E-state index in [1.54, 1.807) is 0 Å². The van der Waals surface area contributed by atoms with E-state index in [9.17, 15) is 0 Å². The highest BCUT2D eigenvalue weighted by molar-refractivity contribution is 6.09. The van der Waals surface area contributed by atoms with E-state index in [4.69, 9.17) is 10.1 Å². The Morgan fingerprint density at radius 1 is 0.962 bits per heavy atom. The fourth-order valence-electron chi connectivity index (χ4n) is 3.62. The first-order valence-corrected chi connectivity index (χ1v) is 9.19. The van der Waals surface area contributed by atoms with Crippen molar-refractivity contribution < 1.29 is 0 Å². The molecule has 0 atom stereocenters. The standard InChI is InChI=1S/C22H20N4/c1-2-3-13-20-23-21-16-11-7-8-12-18(16)26-19(22(21)24-20)14-17(25-26)15-9-5-4-6-10-15/h4-12,14H,2-3,13H2,1H3,(H,23,24). The number of hydrogen-bond acceptors (Lipinski definition) is 2. The smallest absolute Gasteiger partial charge is 0.107 e. The topological polar surface area (TPSA) is 46.0 Å². The number of fused-ring (bicyclic) bond motifs is 6. The number of benzene rings is 2. The van der Waals surface area contributed by atoms with E-state index in [1.165, 1.54) is 0 Å². The minimum atomic E-state index is 0.978. The van der Waals surface area contributed by atoms with Crippen LogP contribution in [0.15, 0.2) is 60.7 Å². The number of aromatic nitrogens is 4. The number of imidazole rings is 1. The van der Waals surface area contributed by atoms with Crippen LogP contribution in [0.5, 0.6) is 0 Å². The third-order valence-corrected chi connectivity index (χ3v) is 4.94. The molecule has 2 aromatic carbocycles. The molecule has 0 aliphatic rings. The first-order chi connectivity index (χ1) is 12.8. The number of hydrogen-bond donors (Lipinski definition) is 1. The molecule has 0 aliphatic carbocycles. The van der Waals surface area contributed by atoms with Gasteiger partial charge in [0.05, 0.1) is 22.2 Å². The molecule has 0 saturated heterocycles. The number of aromatic amines is 1. The lowest BCUT2D eigenvalue weighted by Crippen LogP contribution is -1.92. The van der Waals surface area contributed by atoms with Crippen LogP contribution in [-0.2, 0) is 6.42 Å². The third-order valence-electron chi connectivity index (χ3n) is 4.94. The van der Waals surface area contributed by atoms with Crippen molar-refractivity contribution in [2.24, 2.45) is 0 Å². The van der Waals surface area contributed by atoms with Crippen LogP contribution >= 0.6 is 0 Å². The Labute approximate surface area is 151 Å². The molecule has 0 aliphatic heterocycles. The minimum Gasteiger partial charge on any atom is -0.340 e. The second kappa shape index (κ2) is 5.99. The molecule has 5 aromatic rings. The average molecular weight is 340 g/mol. The van der Waals surface area contributed by atoms with Gasteiger partial charge < -0.3 is 4.98 Å². The SMILES string of the molecule is CCCCc1nc2c3ccccc3n3nc(-c4ccccc4)cc3c2[nH]1. The Morgan fingerprint density at radius 2 is 1.77 bits per heavy atom. The first kappa shape index (κ1) is 15.1. The largest absolute Gasteiger partial charge is 0.340 e. The third kappa shape index (κ3) is 2.30. The van der Waals surface area contributed by atoms with E-state index < -0.39 is 0 Å². The van der Waals surface area contributed by atoms with Crippen molar-refractivity contribution in [1.29, 1.82) is 0 Å². The summed E-state index contributed by atoms with van der Waals surface area (Å²) in [6.45, 7) is 2.21. The highest BCUT2D eigenvalue weighted by atomic mass is 15.2. The van der Waals surface area contributed by atoms with Gasteiger partial charge in [-0.3, -0.25) is 0 Å². The van der Waals surface area contributed by atoms with Crippen molar-refractivity contribution in [1.82, 2.24) is 19.6 Å². The summed E-state index contributed by atoms with van der Waals surface area (Å²) >= 11 is 0. The number of nitrogens with one attached hydrogen (secondary N) is 1. The summed E-state index contributed by atoms with van der Waals surface area (Å²) in [5.41, 5.74) is 6.38. The summed E-state index contributed by atoms with van der Waals surface area (Å²) in [6, 6.07) is 20.8. The Balaban J connectivity index is 1.84. The number of nitrogens with zero attached hydrogens (tertiary/aromatic N) is 3. The molecule has 3 aromatic heterocycles. The van der Waals surface area contributed by atoms with Crippen LogP contribution in [0.25, 0.3) is 38.7 Å². The van der Waals surface area contributed by atoms with Gasteiger partial charge in [0.15, 0.2) is 0 Å². The summed E-state index contributed by atoms with van der Waals surface area (Å²) in [5.74, 6) is 1.06. The summed E-state index contributed by atoms with van der Waals surface area (Å²) in [4.78, 5) is 8.47. The fourth-order valence-corrected chi connectivity index (χ4v) is 3.62. The van der Waals surface area contributed by atoms with Gasteiger partial charge in [0.25, 0.3) is 0 Å². The molecule has 0 unspecified atom stereocenters. The molecule has 26 heavy (non-hydrogen) atoms. The zero-order valence-corrected chi connectivity index (χ0v) is 14.7. The zero-order valence-electron chi connectivity index (χ0n) is 14.7. The van der Waals surface area contributed by atoms with Crippen LogP contribution < -0.4 is 0 Å². The predicted molar refractivity (Wildman–Crippen MR) is 106 cm³/mol. The van der Waals surface area contributed by atoms with Crippen LogP contribution in [0.2, 0.25) is 0 Å². The summed E-state index contributed by atoms with van der Waals surface area (Å²) in [6.07, 6.45) is 3.28. The molecule has 1 N–H and O–H groups in total. The summed E-state index contributed by atoms with van der Waals surface area (Å²) < 4.78 is 2.04. The molecule has 4 heteroatoms. The lowest BCUT2D eigenvalue weighted by atomic mass is 10.1. The Bertz CT molecular complexity index is 1210. The van der Waals surface area contributed by atoms with Gasteiger partial charge in [-0.05, 0) is 18.6 Å². The molecular formula is C22H20N4. The normalized spacial score (nSPS) is 11.7. The van der Waals surface area contributed by atoms with Gasteiger partial charge in [-0.15, -0.1) is 0 Å². The number of rotatable bonds is 4. The lowest BCUT2D eigenvalue weighted by Gasteiger charge is -2.02. The Kier molecular flexibility index (Phi) is 3.49. The van der Waals surface area contributed by atoms with Crippen molar-refractivity contribution >= 4 is 27.5 Å². The van der Waals surface area contributed by atoms with Crippen molar-refractivity contribution in [2.45, 2.75) is 26.2 Å². The van der Waals surface area contributed by atoms with Crippen LogP contribution in [0, 0.1) is 0 Å². The molecule has 5 rings (SSSR count). The zero-order chi connectivity index (χ0) is 17.5. The fraction of sp³-hybridized carbons (Fsp3) is 0.182. The second-order valence-electron chi connectivity index (χ2n) is 6.72. The quantitative estimate of drug-likeness (QED) is 0.478. The molecule has 0 bridgehead atoms. The van der Waals surface area contributed by atoms with Crippen molar-refractivity contribution in [3.63, 3.8) is 0 Å². The minimum absolute atomic E-state index is 0.978. The highest BCUT2D eigenvalue weighted by Crippen LogP contribution is 2.30. The molecule has 0 amide bonds. The summed E-state index contributed by atoms with van der Waals surface area (Å²) in [7, 11) is 0. The second-order valence-corrected chi connectivity index (χ2v) is 6.72. The Morgan fingerprint density at radius 3 is 2.62 bits per heavy atom. The lowest BCUT2D eigenvalue weighted by molar-refractivity contribution is 0.765. The number of aryl methyl sites for hydroxylation is 1. The number of para-hydroxylation sites is 1. The van der Waals surface area contributed by atoms with Crippen molar-refractivity contribution in [3.8, 4) is 11.3 Å². The molecular weight excluding hydrogens is 320 g/mol. The predicted octanol–water partition coefficient (Wildman–Crippen LogP) is 5.37. The van der Waals surface area contributed by atoms with Crippen LogP contribution in [-0.4, -0.2) is 19.6 Å². The molecule has 128 valence electrons. The monoisotopic (exact) mass is 340 g/mol. The van der Waals surface area contributed by atoms with E-state index in [-0.39, 0.29) is 0 Å². The van der Waals surface area contributed by atoms with E-state index in [2.05, 4.69) is 54.4 Å². The van der Waals surface area contributed by atoms with Gasteiger partial charge in [-0.25, -0.2) is 9.50 Å². The number of H-pyrrole nitrogens is 1. The van der Waals surface area contributed by atoms with Gasteiger partial charge in [0.1, 0.15) is 11.3 Å². The van der Waals surface area contributed by atoms with Crippen molar-refractivity contribution in [3.05, 3.63) is 66.5 Å². The molecule has 0 radical (unpaired) electrons. The van der Waals surface area contributed by atoms with Crippen LogP contribution in [0.3, 0.4) is 0 Å². The van der Waals surface area contributed by atoms with Gasteiger partial charge in [0.2, 0.25) is 0 Å². The Hall–Kier alpha value is -3.14. The van der Waals surface area contributed by atoms with E-state index in [1.807, 2.05) is 22.7 Å². The maximum atomic E-state index is 4.91. The van der Waals surface area contributed by atoms with E-state index in [0.717, 1.165) is 63.8 Å². The van der Waals surface area contributed by atoms with Gasteiger partial charge in [0, 0.05) is 17.4 Å². The molecule has 4 nitrogen and oxygen atoms in total. The maximum absolute atomic E-state index is 4.91. The maximum Gasteiger partial charge on any atom is 0.107 e. The van der Waals surface area contributed by atoms with Gasteiger partial charge in [-0.1, -0.05) is 61.9 Å². The van der Waals surface area contributed by atoms with E-state index >= 15 is 0 Å². The van der Waals surface area contributed by atoms with Crippen LogP contribution in [0.4, 0.5) is 0 Å². The average Bonchev–Trinajstić information content (AvgIpc) is 3.32. The number of pyridine rings is 1. The van der Waals surface area contributed by atoms with Crippen LogP contribution in [0.1, 0.15) is 25.6 Å². The summed E-state index contributed by atoms with van der Waals surface area (Å²) in [5, 5.41) is 6.04. The van der Waals surface area contributed by atoms with Crippen molar-refractivity contribution in [2.75, 3.05) is 0 Å². The highest BCUT2D eigenvalue weighted by Gasteiger charge is 2.15. The first-order valence-electron chi connectivity index (χ1n) is 9.19. The van der Waals surface area contributed by atoms with Gasteiger partial charge >= 0.3 is 0 Å². The molecule has 0 fully saturated rings. The van der Waals surface area contributed by atoms with Gasteiger partial charge in [-0.2, -0.15) is 5.10 Å². The molecule has 3 heterocycles. The number of unbranched alkanes of at least 4 members (excludes halogenated alkanes) is 1. The molecule has 0 saturated carbocycles. The van der Waals surface area contributed by atoms with E-state index in [0.29, 0.717) is 0 Å². The molecule has 0 spiro atoms.